The van der Waals surface area contributed by atoms with E-state index in [0.717, 1.165) is 0 Å². The Morgan fingerprint density at radius 1 is 1.31 bits per heavy atom. The van der Waals surface area contributed by atoms with Crippen molar-refractivity contribution in [1.29, 1.82) is 5.26 Å². The monoisotopic (exact) mass is 498 g/mol. The topological polar surface area (TPSA) is 156 Å². The number of rotatable bonds is 7. The molecule has 3 aromatic rings. The summed E-state index contributed by atoms with van der Waals surface area (Å²) >= 11 is 3.19. The molecule has 0 fully saturated rings. The number of hydrazone groups is 1. The van der Waals surface area contributed by atoms with Gasteiger partial charge in [0.05, 0.1) is 42.7 Å². The van der Waals surface area contributed by atoms with Crippen molar-refractivity contribution in [3.05, 3.63) is 72.5 Å². The van der Waals surface area contributed by atoms with Gasteiger partial charge in [0.25, 0.3) is 11.2 Å². The fraction of sp³-hybridized carbons (Fsp3) is 0.100. The van der Waals surface area contributed by atoms with Crippen LogP contribution in [0, 0.1) is 21.4 Å². The zero-order valence-corrected chi connectivity index (χ0v) is 18.3. The number of benzene rings is 2. The first-order valence-corrected chi connectivity index (χ1v) is 9.68. The number of methoxy groups -OCH3 is 2. The van der Waals surface area contributed by atoms with Gasteiger partial charge in [-0.15, -0.1) is 0 Å². The summed E-state index contributed by atoms with van der Waals surface area (Å²) in [6, 6.07) is 11.8. The van der Waals surface area contributed by atoms with Crippen LogP contribution in [0.4, 0.5) is 11.6 Å². The van der Waals surface area contributed by atoms with Crippen molar-refractivity contribution < 1.29 is 14.4 Å². The van der Waals surface area contributed by atoms with Crippen molar-refractivity contribution in [2.45, 2.75) is 0 Å². The van der Waals surface area contributed by atoms with E-state index in [9.17, 15) is 20.2 Å². The minimum atomic E-state index is -0.644. The SMILES string of the molecule is COc1cc([N+](=O)[O-])c(Br)c(C=NNc2nc(-c3ccccc3)c(C#N)c(=O)[nH]2)c1OC. The normalized spacial score (nSPS) is 10.6. The molecular formula is C20H15BrN6O5. The number of H-pyrrole nitrogens is 1. The van der Waals surface area contributed by atoms with Gasteiger partial charge in [-0.05, 0) is 15.9 Å². The maximum atomic E-state index is 12.3. The van der Waals surface area contributed by atoms with Crippen molar-refractivity contribution in [3.63, 3.8) is 0 Å². The number of nitrogens with one attached hydrogen (secondary N) is 2. The molecule has 0 bridgehead atoms. The van der Waals surface area contributed by atoms with E-state index in [-0.39, 0.29) is 44.4 Å². The lowest BCUT2D eigenvalue weighted by Gasteiger charge is -2.12. The van der Waals surface area contributed by atoms with Crippen LogP contribution < -0.4 is 20.5 Å². The van der Waals surface area contributed by atoms with Crippen LogP contribution in [0.3, 0.4) is 0 Å². The number of aromatic nitrogens is 2. The maximum absolute atomic E-state index is 12.3. The van der Waals surface area contributed by atoms with E-state index in [1.807, 2.05) is 6.07 Å². The Bertz CT molecular complexity index is 1300. The highest BCUT2D eigenvalue weighted by atomic mass is 79.9. The molecule has 0 saturated heterocycles. The van der Waals surface area contributed by atoms with Gasteiger partial charge in [-0.25, -0.2) is 10.4 Å². The van der Waals surface area contributed by atoms with Crippen molar-refractivity contribution in [2.24, 2.45) is 5.10 Å². The second kappa shape index (κ2) is 9.71. The van der Waals surface area contributed by atoms with Crippen LogP contribution in [0.5, 0.6) is 11.5 Å². The number of nitrogens with zero attached hydrogens (tertiary/aromatic N) is 4. The van der Waals surface area contributed by atoms with Gasteiger partial charge in [0.2, 0.25) is 5.95 Å². The summed E-state index contributed by atoms with van der Waals surface area (Å²) in [6.45, 7) is 0. The average molecular weight is 499 g/mol. The van der Waals surface area contributed by atoms with E-state index in [0.29, 0.717) is 5.56 Å². The molecule has 3 rings (SSSR count). The van der Waals surface area contributed by atoms with Gasteiger partial charge in [-0.3, -0.25) is 19.9 Å². The second-order valence-electron chi connectivity index (χ2n) is 6.10. The zero-order chi connectivity index (χ0) is 23.3. The number of aromatic amines is 1. The lowest BCUT2D eigenvalue weighted by atomic mass is 10.1. The predicted molar refractivity (Wildman–Crippen MR) is 120 cm³/mol. The van der Waals surface area contributed by atoms with Gasteiger partial charge in [0, 0.05) is 5.56 Å². The van der Waals surface area contributed by atoms with E-state index in [2.05, 4.69) is 36.4 Å². The molecule has 1 aromatic heterocycles. The number of nitriles is 1. The van der Waals surface area contributed by atoms with E-state index >= 15 is 0 Å². The van der Waals surface area contributed by atoms with Crippen LogP contribution in [0.25, 0.3) is 11.3 Å². The summed E-state index contributed by atoms with van der Waals surface area (Å²) in [4.78, 5) is 29.8. The largest absolute Gasteiger partial charge is 0.493 e. The number of anilines is 1. The Labute approximate surface area is 189 Å². The molecule has 1 heterocycles. The number of halogens is 1. The molecule has 12 heteroatoms. The summed E-state index contributed by atoms with van der Waals surface area (Å²) in [6.07, 6.45) is 1.25. The van der Waals surface area contributed by atoms with Gasteiger partial charge >= 0.3 is 0 Å². The Morgan fingerprint density at radius 2 is 2.03 bits per heavy atom. The standard InChI is InChI=1S/C20H15BrN6O5/c1-31-15-8-14(27(29)30)16(21)13(18(15)32-2)10-23-26-20-24-17(11-6-4-3-5-7-11)12(9-22)19(28)25-20/h3-8,10H,1-2H3,(H2,24,25,26,28). The molecule has 2 aromatic carbocycles. The van der Waals surface area contributed by atoms with Crippen LogP contribution in [0.1, 0.15) is 11.1 Å². The van der Waals surface area contributed by atoms with Crippen molar-refractivity contribution in [1.82, 2.24) is 9.97 Å². The lowest BCUT2D eigenvalue weighted by molar-refractivity contribution is -0.385. The van der Waals surface area contributed by atoms with E-state index in [4.69, 9.17) is 9.47 Å². The smallest absolute Gasteiger partial charge is 0.288 e. The Hall–Kier alpha value is -4.24. The number of hydrogen-bond donors (Lipinski definition) is 2. The molecule has 2 N–H and O–H groups in total. The van der Waals surface area contributed by atoms with Crippen LogP contribution in [0.15, 0.2) is 50.8 Å². The van der Waals surface area contributed by atoms with Gasteiger partial charge in [-0.2, -0.15) is 10.4 Å². The molecule has 0 saturated carbocycles. The Morgan fingerprint density at radius 3 is 2.62 bits per heavy atom. The molecule has 0 aliphatic carbocycles. The highest BCUT2D eigenvalue weighted by Gasteiger charge is 2.23. The number of hydrogen-bond acceptors (Lipinski definition) is 9. The lowest BCUT2D eigenvalue weighted by Crippen LogP contribution is -2.16. The summed E-state index contributed by atoms with van der Waals surface area (Å²) in [7, 11) is 2.73. The summed E-state index contributed by atoms with van der Waals surface area (Å²) in [5.41, 5.74) is 2.52. The summed E-state index contributed by atoms with van der Waals surface area (Å²) in [5.74, 6) is 0.318. The van der Waals surface area contributed by atoms with Gasteiger partial charge < -0.3 is 9.47 Å². The van der Waals surface area contributed by atoms with E-state index < -0.39 is 10.5 Å². The van der Waals surface area contributed by atoms with Crippen molar-refractivity contribution in [2.75, 3.05) is 19.6 Å². The van der Waals surface area contributed by atoms with Crippen molar-refractivity contribution in [3.8, 4) is 28.8 Å². The fourth-order valence-corrected chi connectivity index (χ4v) is 3.37. The third-order valence-electron chi connectivity index (χ3n) is 4.26. The number of nitro groups is 1. The first-order valence-electron chi connectivity index (χ1n) is 8.89. The fourth-order valence-electron chi connectivity index (χ4n) is 2.83. The first-order chi connectivity index (χ1) is 15.4. The first kappa shape index (κ1) is 22.4. The second-order valence-corrected chi connectivity index (χ2v) is 6.89. The highest BCUT2D eigenvalue weighted by molar-refractivity contribution is 9.10. The maximum Gasteiger partial charge on any atom is 0.288 e. The molecular weight excluding hydrogens is 484 g/mol. The summed E-state index contributed by atoms with van der Waals surface area (Å²) < 4.78 is 10.6. The molecule has 162 valence electrons. The van der Waals surface area contributed by atoms with Crippen LogP contribution in [0.2, 0.25) is 0 Å². The number of ether oxygens (including phenoxy) is 2. The molecule has 0 atom stereocenters. The molecule has 32 heavy (non-hydrogen) atoms. The number of nitro benzene ring substituents is 1. The van der Waals surface area contributed by atoms with E-state index in [1.165, 1.54) is 26.5 Å². The zero-order valence-electron chi connectivity index (χ0n) is 16.7. The van der Waals surface area contributed by atoms with Crippen LogP contribution in [-0.4, -0.2) is 35.3 Å². The molecule has 0 unspecified atom stereocenters. The van der Waals surface area contributed by atoms with Gasteiger partial charge in [0.15, 0.2) is 11.5 Å². The van der Waals surface area contributed by atoms with Crippen LogP contribution >= 0.6 is 15.9 Å². The minimum absolute atomic E-state index is 0.0309. The molecule has 0 radical (unpaired) electrons. The van der Waals surface area contributed by atoms with Gasteiger partial charge in [0.1, 0.15) is 16.1 Å². The molecule has 0 aliphatic rings. The third kappa shape index (κ3) is 4.42. The van der Waals surface area contributed by atoms with E-state index in [1.54, 1.807) is 30.3 Å². The van der Waals surface area contributed by atoms with Gasteiger partial charge in [-0.1, -0.05) is 30.3 Å². The average Bonchev–Trinajstić information content (AvgIpc) is 2.79. The Kier molecular flexibility index (Phi) is 6.81. The molecule has 0 aliphatic heterocycles. The molecule has 11 nitrogen and oxygen atoms in total. The molecule has 0 amide bonds. The highest BCUT2D eigenvalue weighted by Crippen LogP contribution is 2.41. The van der Waals surface area contributed by atoms with Crippen molar-refractivity contribution >= 4 is 33.8 Å². The predicted octanol–water partition coefficient (Wildman–Crippen LogP) is 3.44. The Balaban J connectivity index is 2.02. The quantitative estimate of drug-likeness (QED) is 0.285. The molecule has 0 spiro atoms. The summed E-state index contributed by atoms with van der Waals surface area (Å²) in [5, 5.41) is 24.7. The van der Waals surface area contributed by atoms with Crippen LogP contribution in [-0.2, 0) is 0 Å². The minimum Gasteiger partial charge on any atom is -0.493 e. The third-order valence-corrected chi connectivity index (χ3v) is 5.09.